The van der Waals surface area contributed by atoms with Gasteiger partial charge in [0.25, 0.3) is 5.91 Å². The number of pyridine rings is 1. The Hall–Kier alpha value is -3.81. The van der Waals surface area contributed by atoms with Gasteiger partial charge in [0.15, 0.2) is 0 Å². The number of rotatable bonds is 5. The predicted molar refractivity (Wildman–Crippen MR) is 103 cm³/mol. The topological polar surface area (TPSA) is 83.1 Å². The van der Waals surface area contributed by atoms with Crippen molar-refractivity contribution in [1.82, 2.24) is 4.98 Å². The van der Waals surface area contributed by atoms with E-state index in [2.05, 4.69) is 20.9 Å². The predicted octanol–water partition coefficient (Wildman–Crippen LogP) is 4.31. The van der Waals surface area contributed by atoms with Crippen LogP contribution in [0.25, 0.3) is 0 Å². The molecule has 0 radical (unpaired) electrons. The number of amides is 2. The molecule has 0 aliphatic rings. The smallest absolute Gasteiger partial charge is 0.259 e. The molecular weight excluding hydrogens is 366 g/mol. The largest absolute Gasteiger partial charge is 0.337 e. The maximum absolute atomic E-state index is 14.1. The van der Waals surface area contributed by atoms with Crippen LogP contribution in [0.5, 0.6) is 0 Å². The van der Waals surface area contributed by atoms with E-state index in [0.29, 0.717) is 5.69 Å². The van der Waals surface area contributed by atoms with Crippen molar-refractivity contribution in [3.8, 4) is 0 Å². The molecule has 0 atom stereocenters. The van der Waals surface area contributed by atoms with Gasteiger partial charge < -0.3 is 16.0 Å². The lowest BCUT2D eigenvalue weighted by molar-refractivity contribution is -0.114. The molecule has 0 bridgehead atoms. The second-order valence-electron chi connectivity index (χ2n) is 5.83. The zero-order valence-electron chi connectivity index (χ0n) is 14.8. The lowest BCUT2D eigenvalue weighted by atomic mass is 10.2. The molecule has 1 aromatic heterocycles. The highest BCUT2D eigenvalue weighted by Gasteiger charge is 2.16. The molecular formula is C20H16F2N4O2. The van der Waals surface area contributed by atoms with Gasteiger partial charge in [-0.3, -0.25) is 9.59 Å². The average Bonchev–Trinajstić information content (AvgIpc) is 2.66. The van der Waals surface area contributed by atoms with Crippen molar-refractivity contribution < 1.29 is 18.4 Å². The number of nitrogens with one attached hydrogen (secondary N) is 3. The molecule has 0 fully saturated rings. The van der Waals surface area contributed by atoms with Crippen molar-refractivity contribution >= 4 is 34.7 Å². The molecule has 28 heavy (non-hydrogen) atoms. The molecule has 0 aliphatic heterocycles. The maximum atomic E-state index is 14.1. The Labute approximate surface area is 159 Å². The molecule has 0 aliphatic carbocycles. The van der Waals surface area contributed by atoms with Crippen LogP contribution >= 0.6 is 0 Å². The minimum atomic E-state index is -0.671. The van der Waals surface area contributed by atoms with Gasteiger partial charge in [-0.05, 0) is 42.5 Å². The quantitative estimate of drug-likeness (QED) is 0.614. The van der Waals surface area contributed by atoms with Crippen molar-refractivity contribution in [2.24, 2.45) is 0 Å². The molecule has 1 heterocycles. The summed E-state index contributed by atoms with van der Waals surface area (Å²) in [4.78, 5) is 27.9. The van der Waals surface area contributed by atoms with Crippen molar-refractivity contribution in [3.63, 3.8) is 0 Å². The van der Waals surface area contributed by atoms with Crippen LogP contribution in [0, 0.1) is 11.6 Å². The van der Waals surface area contributed by atoms with Gasteiger partial charge >= 0.3 is 0 Å². The third kappa shape index (κ3) is 4.47. The van der Waals surface area contributed by atoms with E-state index >= 15 is 0 Å². The highest BCUT2D eigenvalue weighted by Crippen LogP contribution is 2.24. The molecule has 0 spiro atoms. The van der Waals surface area contributed by atoms with Crippen LogP contribution in [0.4, 0.5) is 31.7 Å². The number of para-hydroxylation sites is 1. The van der Waals surface area contributed by atoms with Gasteiger partial charge in [-0.1, -0.05) is 12.1 Å². The Balaban J connectivity index is 1.86. The third-order valence-corrected chi connectivity index (χ3v) is 3.71. The first-order valence-corrected chi connectivity index (χ1v) is 8.29. The summed E-state index contributed by atoms with van der Waals surface area (Å²) in [5.74, 6) is -2.04. The Morgan fingerprint density at radius 3 is 2.39 bits per heavy atom. The molecule has 2 aromatic carbocycles. The molecule has 8 heteroatoms. The van der Waals surface area contributed by atoms with Crippen LogP contribution in [-0.2, 0) is 4.79 Å². The molecule has 3 aromatic rings. The first-order valence-electron chi connectivity index (χ1n) is 8.29. The normalized spacial score (nSPS) is 10.2. The van der Waals surface area contributed by atoms with Crippen LogP contribution in [0.3, 0.4) is 0 Å². The number of halogens is 2. The van der Waals surface area contributed by atoms with Crippen LogP contribution in [0.15, 0.2) is 60.8 Å². The molecule has 0 saturated heterocycles. The number of aromatic nitrogens is 1. The Bertz CT molecular complexity index is 1040. The highest BCUT2D eigenvalue weighted by molar-refractivity contribution is 6.08. The first-order chi connectivity index (χ1) is 13.4. The van der Waals surface area contributed by atoms with Gasteiger partial charge in [-0.2, -0.15) is 0 Å². The fraction of sp³-hybridized carbons (Fsp3) is 0.0500. The lowest BCUT2D eigenvalue weighted by Crippen LogP contribution is -2.16. The van der Waals surface area contributed by atoms with Crippen LogP contribution in [0.1, 0.15) is 17.3 Å². The van der Waals surface area contributed by atoms with Crippen LogP contribution in [0.2, 0.25) is 0 Å². The summed E-state index contributed by atoms with van der Waals surface area (Å²) in [6.07, 6.45) is 1.44. The van der Waals surface area contributed by atoms with Crippen molar-refractivity contribution in [1.29, 1.82) is 0 Å². The minimum Gasteiger partial charge on any atom is -0.337 e. The van der Waals surface area contributed by atoms with Crippen LogP contribution in [-0.4, -0.2) is 16.8 Å². The van der Waals surface area contributed by atoms with Gasteiger partial charge in [-0.15, -0.1) is 0 Å². The summed E-state index contributed by atoms with van der Waals surface area (Å²) < 4.78 is 28.0. The summed E-state index contributed by atoms with van der Waals surface area (Å²) >= 11 is 0. The van der Waals surface area contributed by atoms with E-state index in [4.69, 9.17) is 0 Å². The fourth-order valence-electron chi connectivity index (χ4n) is 2.47. The summed E-state index contributed by atoms with van der Waals surface area (Å²) in [6, 6.07) is 12.8. The second-order valence-corrected chi connectivity index (χ2v) is 5.83. The highest BCUT2D eigenvalue weighted by atomic mass is 19.1. The maximum Gasteiger partial charge on any atom is 0.259 e. The summed E-state index contributed by atoms with van der Waals surface area (Å²) in [5, 5.41) is 7.72. The zero-order chi connectivity index (χ0) is 20.1. The van der Waals surface area contributed by atoms with Gasteiger partial charge in [-0.25, -0.2) is 13.8 Å². The third-order valence-electron chi connectivity index (χ3n) is 3.71. The van der Waals surface area contributed by atoms with E-state index in [-0.39, 0.29) is 28.7 Å². The molecule has 2 amide bonds. The molecule has 0 unspecified atom stereocenters. The van der Waals surface area contributed by atoms with E-state index in [9.17, 15) is 18.4 Å². The summed E-state index contributed by atoms with van der Waals surface area (Å²) in [7, 11) is 0. The number of anilines is 4. The van der Waals surface area contributed by atoms with Gasteiger partial charge in [0.1, 0.15) is 17.5 Å². The van der Waals surface area contributed by atoms with Gasteiger partial charge in [0, 0.05) is 18.8 Å². The van der Waals surface area contributed by atoms with Crippen molar-refractivity contribution in [2.75, 3.05) is 16.0 Å². The van der Waals surface area contributed by atoms with E-state index in [1.165, 1.54) is 55.6 Å². The molecule has 142 valence electrons. The Kier molecular flexibility index (Phi) is 5.59. The average molecular weight is 382 g/mol. The number of benzene rings is 2. The van der Waals surface area contributed by atoms with E-state index in [1.54, 1.807) is 6.07 Å². The van der Waals surface area contributed by atoms with Crippen molar-refractivity contribution in [3.05, 3.63) is 78.0 Å². The number of hydrogen-bond acceptors (Lipinski definition) is 4. The molecule has 3 rings (SSSR count). The minimum absolute atomic E-state index is 0.0927. The van der Waals surface area contributed by atoms with E-state index < -0.39 is 17.5 Å². The fourth-order valence-corrected chi connectivity index (χ4v) is 2.47. The zero-order valence-corrected chi connectivity index (χ0v) is 14.8. The number of hydrogen-bond donors (Lipinski definition) is 3. The molecule has 0 saturated carbocycles. The Morgan fingerprint density at radius 1 is 0.893 bits per heavy atom. The van der Waals surface area contributed by atoms with Crippen molar-refractivity contribution in [2.45, 2.75) is 6.92 Å². The first kappa shape index (κ1) is 19.0. The van der Waals surface area contributed by atoms with Gasteiger partial charge in [0.2, 0.25) is 5.91 Å². The van der Waals surface area contributed by atoms with E-state index in [0.717, 1.165) is 6.07 Å². The monoisotopic (exact) mass is 382 g/mol. The number of carbonyl (C=O) groups is 2. The Morgan fingerprint density at radius 2 is 1.64 bits per heavy atom. The second kappa shape index (κ2) is 8.26. The summed E-state index contributed by atoms with van der Waals surface area (Å²) in [5.41, 5.74) is 0.459. The number of carbonyl (C=O) groups excluding carboxylic acids is 2. The number of nitrogens with zero attached hydrogens (tertiary/aromatic N) is 1. The molecule has 3 N–H and O–H groups in total. The van der Waals surface area contributed by atoms with Crippen LogP contribution < -0.4 is 16.0 Å². The molecule has 6 nitrogen and oxygen atoms in total. The standard InChI is InChI=1S/C20H16F2N4O2/c1-12(27)24-13-8-9-16(22)18(11-13)26-20(28)14-5-4-10-23-19(14)25-17-7-3-2-6-15(17)21/h2-11H,1H3,(H,23,25)(H,24,27)(H,26,28). The SMILES string of the molecule is CC(=O)Nc1ccc(F)c(NC(=O)c2cccnc2Nc2ccccc2F)c1. The van der Waals surface area contributed by atoms with E-state index in [1.807, 2.05) is 0 Å². The van der Waals surface area contributed by atoms with Gasteiger partial charge in [0.05, 0.1) is 16.9 Å². The summed E-state index contributed by atoms with van der Waals surface area (Å²) in [6.45, 7) is 1.32. The lowest BCUT2D eigenvalue weighted by Gasteiger charge is -2.13.